The fourth-order valence-corrected chi connectivity index (χ4v) is 3.48. The summed E-state index contributed by atoms with van der Waals surface area (Å²) in [7, 11) is 1.92. The Hall–Kier alpha value is -2.14. The molecule has 0 spiro atoms. The molecule has 26 heavy (non-hydrogen) atoms. The summed E-state index contributed by atoms with van der Waals surface area (Å²) in [6.07, 6.45) is 1.33. The molecular formula is C21H32N4O. The number of likely N-dealkylation sites (N-methyl/N-ethyl adjacent to an activating group) is 1. The van der Waals surface area contributed by atoms with Crippen LogP contribution in [-0.2, 0) is 24.7 Å². The van der Waals surface area contributed by atoms with Gasteiger partial charge in [0.1, 0.15) is 0 Å². The van der Waals surface area contributed by atoms with E-state index in [2.05, 4.69) is 53.4 Å². The van der Waals surface area contributed by atoms with Gasteiger partial charge in [-0.1, -0.05) is 44.2 Å². The Morgan fingerprint density at radius 1 is 1.19 bits per heavy atom. The van der Waals surface area contributed by atoms with Gasteiger partial charge in [0.2, 0.25) is 5.91 Å². The highest BCUT2D eigenvalue weighted by Gasteiger charge is 2.19. The molecule has 0 fully saturated rings. The van der Waals surface area contributed by atoms with Crippen molar-refractivity contribution in [2.24, 2.45) is 7.05 Å². The van der Waals surface area contributed by atoms with Gasteiger partial charge in [-0.2, -0.15) is 5.10 Å². The average molecular weight is 357 g/mol. The topological polar surface area (TPSA) is 50.2 Å². The monoisotopic (exact) mass is 356 g/mol. The van der Waals surface area contributed by atoms with Gasteiger partial charge < -0.3 is 5.32 Å². The summed E-state index contributed by atoms with van der Waals surface area (Å²) in [5.41, 5.74) is 4.33. The van der Waals surface area contributed by atoms with Crippen molar-refractivity contribution in [3.05, 3.63) is 52.8 Å². The Labute approximate surface area is 157 Å². The van der Waals surface area contributed by atoms with Crippen molar-refractivity contribution < 1.29 is 4.79 Å². The van der Waals surface area contributed by atoms with Crippen molar-refractivity contribution in [2.75, 3.05) is 19.6 Å². The first-order valence-electron chi connectivity index (χ1n) is 9.49. The third-order valence-electron chi connectivity index (χ3n) is 5.17. The molecule has 1 aromatic carbocycles. The van der Waals surface area contributed by atoms with E-state index in [1.165, 1.54) is 5.56 Å². The summed E-state index contributed by atoms with van der Waals surface area (Å²) in [4.78, 5) is 14.9. The first-order chi connectivity index (χ1) is 12.5. The highest BCUT2D eigenvalue weighted by atomic mass is 16.1. The van der Waals surface area contributed by atoms with Crippen LogP contribution in [0.1, 0.15) is 36.4 Å². The highest BCUT2D eigenvalue weighted by Crippen LogP contribution is 2.13. The van der Waals surface area contributed by atoms with E-state index in [0.717, 1.165) is 36.5 Å². The molecule has 0 aliphatic carbocycles. The summed E-state index contributed by atoms with van der Waals surface area (Å²) >= 11 is 0. The first-order valence-corrected chi connectivity index (χ1v) is 9.49. The maximum atomic E-state index is 12.5. The largest absolute Gasteiger partial charge is 0.354 e. The number of carbonyl (C=O) groups is 1. The second-order valence-electron chi connectivity index (χ2n) is 6.82. The maximum absolute atomic E-state index is 12.5. The Bertz CT molecular complexity index is 704. The van der Waals surface area contributed by atoms with Gasteiger partial charge in [0.15, 0.2) is 0 Å². The molecule has 5 heteroatoms. The van der Waals surface area contributed by atoms with Crippen LogP contribution in [-0.4, -0.2) is 46.3 Å². The Kier molecular flexibility index (Phi) is 7.39. The van der Waals surface area contributed by atoms with Crippen LogP contribution >= 0.6 is 0 Å². The van der Waals surface area contributed by atoms with E-state index in [1.807, 2.05) is 31.6 Å². The fraction of sp³-hybridized carbons (Fsp3) is 0.524. The van der Waals surface area contributed by atoms with E-state index in [4.69, 9.17) is 0 Å². The molecule has 0 aliphatic rings. The lowest BCUT2D eigenvalue weighted by molar-refractivity contribution is -0.120. The molecule has 1 heterocycles. The zero-order valence-electron chi connectivity index (χ0n) is 16.7. The minimum Gasteiger partial charge on any atom is -0.354 e. The minimum absolute atomic E-state index is 0.0643. The predicted octanol–water partition coefficient (Wildman–Crippen LogP) is 2.65. The van der Waals surface area contributed by atoms with Crippen LogP contribution in [0.5, 0.6) is 0 Å². The molecule has 142 valence electrons. The van der Waals surface area contributed by atoms with Crippen molar-refractivity contribution in [3.63, 3.8) is 0 Å². The first kappa shape index (κ1) is 20.2. The van der Waals surface area contributed by atoms with Crippen LogP contribution < -0.4 is 5.32 Å². The number of aryl methyl sites for hydroxylation is 2. The zero-order valence-corrected chi connectivity index (χ0v) is 16.7. The van der Waals surface area contributed by atoms with Gasteiger partial charge >= 0.3 is 0 Å². The molecule has 0 saturated heterocycles. The highest BCUT2D eigenvalue weighted by molar-refractivity contribution is 5.79. The second-order valence-corrected chi connectivity index (χ2v) is 6.82. The van der Waals surface area contributed by atoms with Crippen molar-refractivity contribution in [1.82, 2.24) is 20.0 Å². The summed E-state index contributed by atoms with van der Waals surface area (Å²) in [5, 5.41) is 7.54. The van der Waals surface area contributed by atoms with Gasteiger partial charge in [-0.15, -0.1) is 0 Å². The number of nitrogens with zero attached hydrogens (tertiary/aromatic N) is 3. The number of hydrogen-bond donors (Lipinski definition) is 1. The number of benzene rings is 1. The molecule has 0 radical (unpaired) electrons. The molecule has 0 bridgehead atoms. The van der Waals surface area contributed by atoms with E-state index >= 15 is 0 Å². The summed E-state index contributed by atoms with van der Waals surface area (Å²) in [5.74, 6) is 0.0643. The number of nitrogens with one attached hydrogen (secondary N) is 1. The number of rotatable bonds is 9. The molecule has 5 nitrogen and oxygen atoms in total. The molecule has 1 atom stereocenters. The van der Waals surface area contributed by atoms with Crippen LogP contribution in [0.3, 0.4) is 0 Å². The Balaban J connectivity index is 2.00. The number of aromatic nitrogens is 2. The summed E-state index contributed by atoms with van der Waals surface area (Å²) in [6.45, 7) is 10.9. The smallest absolute Gasteiger partial charge is 0.224 e. The lowest BCUT2D eigenvalue weighted by Crippen LogP contribution is -2.45. The molecule has 0 unspecified atom stereocenters. The lowest BCUT2D eigenvalue weighted by atomic mass is 10.0. The Morgan fingerprint density at radius 2 is 1.85 bits per heavy atom. The van der Waals surface area contributed by atoms with E-state index in [-0.39, 0.29) is 5.91 Å². The average Bonchev–Trinajstić information content (AvgIpc) is 2.87. The number of hydrogen-bond acceptors (Lipinski definition) is 3. The molecule has 1 aromatic heterocycles. The van der Waals surface area contributed by atoms with Crippen molar-refractivity contribution in [2.45, 2.75) is 46.6 Å². The molecule has 1 N–H and O–H groups in total. The minimum atomic E-state index is 0.0643. The molecule has 0 saturated carbocycles. The van der Waals surface area contributed by atoms with Gasteiger partial charge in [0, 0.05) is 30.9 Å². The predicted molar refractivity (Wildman–Crippen MR) is 106 cm³/mol. The van der Waals surface area contributed by atoms with Gasteiger partial charge in [-0.3, -0.25) is 14.4 Å². The third kappa shape index (κ3) is 5.18. The van der Waals surface area contributed by atoms with Crippen molar-refractivity contribution >= 4 is 5.91 Å². The standard InChI is InChI=1S/C21H32N4O/c1-6-25(7-2)19(13-18-11-9-8-10-12-18)15-22-21(26)14-20-16(3)23-24(5)17(20)4/h8-12,19H,6-7,13-15H2,1-5H3,(H,22,26)/t19-/m0/s1. The van der Waals surface area contributed by atoms with Crippen LogP contribution in [0, 0.1) is 13.8 Å². The molecule has 0 aliphatic heterocycles. The molecule has 2 aromatic rings. The van der Waals surface area contributed by atoms with Gasteiger partial charge in [0.05, 0.1) is 12.1 Å². The van der Waals surface area contributed by atoms with Crippen molar-refractivity contribution in [1.29, 1.82) is 0 Å². The lowest BCUT2D eigenvalue weighted by Gasteiger charge is -2.30. The normalized spacial score (nSPS) is 12.4. The van der Waals surface area contributed by atoms with E-state index in [9.17, 15) is 4.79 Å². The Morgan fingerprint density at radius 3 is 2.38 bits per heavy atom. The van der Waals surface area contributed by atoms with E-state index in [0.29, 0.717) is 19.0 Å². The van der Waals surface area contributed by atoms with Crippen molar-refractivity contribution in [3.8, 4) is 0 Å². The fourth-order valence-electron chi connectivity index (χ4n) is 3.48. The SMILES string of the molecule is CCN(CC)[C@H](CNC(=O)Cc1c(C)nn(C)c1C)Cc1ccccc1. The zero-order chi connectivity index (χ0) is 19.1. The van der Waals surface area contributed by atoms with Gasteiger partial charge in [0.25, 0.3) is 0 Å². The van der Waals surface area contributed by atoms with Crippen LogP contribution in [0.4, 0.5) is 0 Å². The van der Waals surface area contributed by atoms with Crippen LogP contribution in [0.25, 0.3) is 0 Å². The number of amides is 1. The van der Waals surface area contributed by atoms with Gasteiger partial charge in [-0.05, 0) is 38.9 Å². The summed E-state index contributed by atoms with van der Waals surface area (Å²) in [6, 6.07) is 10.8. The van der Waals surface area contributed by atoms with Gasteiger partial charge in [-0.25, -0.2) is 0 Å². The second kappa shape index (κ2) is 9.53. The van der Waals surface area contributed by atoms with Crippen LogP contribution in [0.2, 0.25) is 0 Å². The van der Waals surface area contributed by atoms with E-state index in [1.54, 1.807) is 0 Å². The summed E-state index contributed by atoms with van der Waals surface area (Å²) < 4.78 is 1.84. The van der Waals surface area contributed by atoms with E-state index < -0.39 is 0 Å². The van der Waals surface area contributed by atoms with Crippen LogP contribution in [0.15, 0.2) is 30.3 Å². The molecule has 2 rings (SSSR count). The maximum Gasteiger partial charge on any atom is 0.224 e. The molecule has 1 amide bonds. The molecular weight excluding hydrogens is 324 g/mol. The third-order valence-corrected chi connectivity index (χ3v) is 5.17. The number of carbonyl (C=O) groups excluding carboxylic acids is 1. The quantitative estimate of drug-likeness (QED) is 0.751.